The van der Waals surface area contributed by atoms with Crippen LogP contribution in [0.1, 0.15) is 30.1 Å². The molecule has 0 aliphatic carbocycles. The van der Waals surface area contributed by atoms with Gasteiger partial charge < -0.3 is 14.6 Å². The predicted octanol–water partition coefficient (Wildman–Crippen LogP) is 1.97. The first kappa shape index (κ1) is 12.3. The van der Waals surface area contributed by atoms with Gasteiger partial charge >= 0.3 is 5.97 Å². The molecule has 88 valence electrons. The zero-order valence-electron chi connectivity index (χ0n) is 9.40. The molecule has 1 aromatic heterocycles. The number of aromatic nitrogens is 1. The summed E-state index contributed by atoms with van der Waals surface area (Å²) in [7, 11) is 1.47. The predicted molar refractivity (Wildman–Crippen MR) is 58.2 cm³/mol. The van der Waals surface area contributed by atoms with E-state index in [1.54, 1.807) is 0 Å². The highest BCUT2D eigenvalue weighted by atomic mass is 16.5. The van der Waals surface area contributed by atoms with Crippen molar-refractivity contribution in [1.82, 2.24) is 4.98 Å². The first-order valence-corrected chi connectivity index (χ1v) is 5.09. The molecule has 1 rings (SSSR count). The molecule has 0 amide bonds. The van der Waals surface area contributed by atoms with Crippen LogP contribution in [0.4, 0.5) is 0 Å². The van der Waals surface area contributed by atoms with E-state index in [4.69, 9.17) is 14.6 Å². The van der Waals surface area contributed by atoms with E-state index in [2.05, 4.69) is 4.98 Å². The maximum Gasteiger partial charge on any atom is 0.337 e. The third kappa shape index (κ3) is 3.12. The minimum absolute atomic E-state index is 0.0901. The third-order valence-corrected chi connectivity index (χ3v) is 2.01. The van der Waals surface area contributed by atoms with Crippen molar-refractivity contribution < 1.29 is 19.4 Å². The molecule has 5 heteroatoms. The fraction of sp³-hybridized carbons (Fsp3) is 0.455. The van der Waals surface area contributed by atoms with Crippen LogP contribution in [0.2, 0.25) is 0 Å². The monoisotopic (exact) mass is 225 g/mol. The second-order valence-corrected chi connectivity index (χ2v) is 3.24. The molecule has 0 unspecified atom stereocenters. The number of pyridine rings is 1. The molecular formula is C11H15NO4. The molecule has 5 nitrogen and oxygen atoms in total. The normalized spacial score (nSPS) is 9.88. The van der Waals surface area contributed by atoms with Crippen LogP contribution in [-0.4, -0.2) is 29.8 Å². The zero-order valence-corrected chi connectivity index (χ0v) is 9.40. The maximum absolute atomic E-state index is 10.7. The number of carboxylic acid groups (broad SMARTS) is 1. The van der Waals surface area contributed by atoms with Crippen molar-refractivity contribution >= 4 is 5.97 Å². The van der Waals surface area contributed by atoms with Gasteiger partial charge in [-0.15, -0.1) is 0 Å². The van der Waals surface area contributed by atoms with Crippen LogP contribution >= 0.6 is 0 Å². The van der Waals surface area contributed by atoms with Crippen molar-refractivity contribution in [3.05, 3.63) is 17.8 Å². The fourth-order valence-electron chi connectivity index (χ4n) is 1.13. The Balaban J connectivity index is 2.84. The van der Waals surface area contributed by atoms with Crippen LogP contribution in [0, 0.1) is 0 Å². The maximum atomic E-state index is 10.7. The first-order chi connectivity index (χ1) is 7.69. The molecule has 0 spiro atoms. The topological polar surface area (TPSA) is 68.7 Å². The lowest BCUT2D eigenvalue weighted by Crippen LogP contribution is -2.03. The number of methoxy groups -OCH3 is 1. The summed E-state index contributed by atoms with van der Waals surface area (Å²) in [4.78, 5) is 14.6. The molecule has 0 saturated carbocycles. The molecule has 1 N–H and O–H groups in total. The summed E-state index contributed by atoms with van der Waals surface area (Å²) >= 11 is 0. The minimum atomic E-state index is -1.03. The number of nitrogens with zero attached hydrogens (tertiary/aromatic N) is 1. The quantitative estimate of drug-likeness (QED) is 0.749. The van der Waals surface area contributed by atoms with E-state index >= 15 is 0 Å². The van der Waals surface area contributed by atoms with Crippen molar-refractivity contribution in [3.63, 3.8) is 0 Å². The Labute approximate surface area is 94.0 Å². The minimum Gasteiger partial charge on any atom is -0.488 e. The Kier molecular flexibility index (Phi) is 4.57. The van der Waals surface area contributed by atoms with Gasteiger partial charge in [-0.05, 0) is 6.42 Å². The van der Waals surface area contributed by atoms with Crippen molar-refractivity contribution in [2.75, 3.05) is 13.7 Å². The Morgan fingerprint density at radius 3 is 2.88 bits per heavy atom. The third-order valence-electron chi connectivity index (χ3n) is 2.01. The van der Waals surface area contributed by atoms with E-state index in [1.165, 1.54) is 19.4 Å². The average Bonchev–Trinajstić information content (AvgIpc) is 2.29. The van der Waals surface area contributed by atoms with Crippen molar-refractivity contribution in [3.8, 4) is 11.6 Å². The zero-order chi connectivity index (χ0) is 12.0. The average molecular weight is 225 g/mol. The summed E-state index contributed by atoms with van der Waals surface area (Å²) in [6.45, 7) is 2.57. The molecule has 1 heterocycles. The number of hydrogen-bond donors (Lipinski definition) is 1. The van der Waals surface area contributed by atoms with Gasteiger partial charge in [0.25, 0.3) is 5.88 Å². The van der Waals surface area contributed by atoms with Crippen molar-refractivity contribution in [2.45, 2.75) is 19.8 Å². The van der Waals surface area contributed by atoms with E-state index in [9.17, 15) is 4.79 Å². The fourth-order valence-corrected chi connectivity index (χ4v) is 1.13. The molecule has 1 aromatic rings. The van der Waals surface area contributed by atoms with Gasteiger partial charge in [-0.2, -0.15) is 0 Å². The van der Waals surface area contributed by atoms with E-state index in [1.807, 2.05) is 6.92 Å². The molecule has 0 bridgehead atoms. The molecule has 0 fully saturated rings. The van der Waals surface area contributed by atoms with E-state index in [0.717, 1.165) is 12.8 Å². The van der Waals surface area contributed by atoms with E-state index in [-0.39, 0.29) is 5.56 Å². The first-order valence-electron chi connectivity index (χ1n) is 5.09. The Bertz CT molecular complexity index is 365. The van der Waals surface area contributed by atoms with Gasteiger partial charge in [-0.3, -0.25) is 0 Å². The number of rotatable bonds is 6. The number of aromatic carboxylic acids is 1. The van der Waals surface area contributed by atoms with Gasteiger partial charge in [-0.1, -0.05) is 13.3 Å². The van der Waals surface area contributed by atoms with Crippen LogP contribution in [-0.2, 0) is 0 Å². The van der Waals surface area contributed by atoms with E-state index < -0.39 is 5.97 Å². The molecule has 0 saturated heterocycles. The molecule has 0 atom stereocenters. The van der Waals surface area contributed by atoms with Gasteiger partial charge in [0.1, 0.15) is 0 Å². The molecule has 0 aliphatic rings. The standard InChI is InChI=1S/C11H15NO4/c1-3-4-5-16-9-6-8(11(13)14)7-12-10(9)15-2/h6-7H,3-5H2,1-2H3,(H,13,14). The Hall–Kier alpha value is -1.78. The van der Waals surface area contributed by atoms with Gasteiger partial charge in [0.05, 0.1) is 19.3 Å². The highest BCUT2D eigenvalue weighted by molar-refractivity contribution is 5.87. The van der Waals surface area contributed by atoms with Gasteiger partial charge in [0, 0.05) is 12.3 Å². The molecule has 0 aliphatic heterocycles. The highest BCUT2D eigenvalue weighted by Gasteiger charge is 2.11. The summed E-state index contributed by atoms with van der Waals surface area (Å²) in [6, 6.07) is 1.42. The molecule has 0 aromatic carbocycles. The summed E-state index contributed by atoms with van der Waals surface area (Å²) in [5, 5.41) is 8.81. The van der Waals surface area contributed by atoms with Crippen LogP contribution < -0.4 is 9.47 Å². The van der Waals surface area contributed by atoms with Crippen LogP contribution in [0.3, 0.4) is 0 Å². The summed E-state index contributed by atoms with van der Waals surface area (Å²) < 4.78 is 10.4. The van der Waals surface area contributed by atoms with Gasteiger partial charge in [-0.25, -0.2) is 9.78 Å². The molecule has 16 heavy (non-hydrogen) atoms. The van der Waals surface area contributed by atoms with Crippen LogP contribution in [0.5, 0.6) is 11.6 Å². The number of carboxylic acids is 1. The van der Waals surface area contributed by atoms with Gasteiger partial charge in [0.15, 0.2) is 5.75 Å². The van der Waals surface area contributed by atoms with Crippen LogP contribution in [0.15, 0.2) is 12.3 Å². The number of carbonyl (C=O) groups is 1. The largest absolute Gasteiger partial charge is 0.488 e. The summed E-state index contributed by atoms with van der Waals surface area (Å²) in [5.41, 5.74) is 0.0901. The second-order valence-electron chi connectivity index (χ2n) is 3.24. The summed E-state index contributed by atoms with van der Waals surface area (Å²) in [6.07, 6.45) is 3.16. The lowest BCUT2D eigenvalue weighted by atomic mass is 10.3. The lowest BCUT2D eigenvalue weighted by molar-refractivity contribution is 0.0695. The number of ether oxygens (including phenoxy) is 2. The van der Waals surface area contributed by atoms with Crippen molar-refractivity contribution in [2.24, 2.45) is 0 Å². The van der Waals surface area contributed by atoms with Crippen molar-refractivity contribution in [1.29, 1.82) is 0 Å². The molecular weight excluding hydrogens is 210 g/mol. The number of hydrogen-bond acceptors (Lipinski definition) is 4. The second kappa shape index (κ2) is 5.95. The highest BCUT2D eigenvalue weighted by Crippen LogP contribution is 2.25. The molecule has 0 radical (unpaired) electrons. The summed E-state index contributed by atoms with van der Waals surface area (Å²) in [5.74, 6) is -0.354. The SMILES string of the molecule is CCCCOc1cc(C(=O)O)cnc1OC. The Morgan fingerprint density at radius 2 is 2.31 bits per heavy atom. The van der Waals surface area contributed by atoms with Gasteiger partial charge in [0.2, 0.25) is 0 Å². The lowest BCUT2D eigenvalue weighted by Gasteiger charge is -2.09. The van der Waals surface area contributed by atoms with E-state index in [0.29, 0.717) is 18.2 Å². The van der Waals surface area contributed by atoms with Crippen LogP contribution in [0.25, 0.3) is 0 Å². The Morgan fingerprint density at radius 1 is 1.56 bits per heavy atom. The number of unbranched alkanes of at least 4 members (excludes halogenated alkanes) is 1. The smallest absolute Gasteiger partial charge is 0.337 e.